The smallest absolute Gasteiger partial charge is 0.0531 e. The van der Waals surface area contributed by atoms with Gasteiger partial charge >= 0.3 is 0 Å². The van der Waals surface area contributed by atoms with E-state index in [-0.39, 0.29) is 0 Å². The van der Waals surface area contributed by atoms with Crippen molar-refractivity contribution in [1.82, 2.24) is 0 Å². The third-order valence-electron chi connectivity index (χ3n) is 4.14. The Labute approximate surface area is 139 Å². The Morgan fingerprint density at radius 2 is 2.00 bits per heavy atom. The molecule has 110 valence electrons. The van der Waals surface area contributed by atoms with Crippen molar-refractivity contribution in [1.29, 1.82) is 0 Å². The molecule has 0 bridgehead atoms. The molecule has 1 nitrogen and oxygen atoms in total. The second-order valence-corrected chi connectivity index (χ2v) is 7.26. The van der Waals surface area contributed by atoms with Gasteiger partial charge in [-0.05, 0) is 53.6 Å². The van der Waals surface area contributed by atoms with Crippen LogP contribution >= 0.6 is 27.5 Å². The zero-order valence-electron chi connectivity index (χ0n) is 12.3. The van der Waals surface area contributed by atoms with E-state index < -0.39 is 0 Å². The summed E-state index contributed by atoms with van der Waals surface area (Å²) in [5, 5.41) is 4.57. The first kappa shape index (κ1) is 14.9. The molecule has 1 aliphatic rings. The van der Waals surface area contributed by atoms with Crippen LogP contribution in [0.15, 0.2) is 40.9 Å². The lowest BCUT2D eigenvalue weighted by molar-refractivity contribution is 0.662. The first-order chi connectivity index (χ1) is 10.1. The molecule has 0 amide bonds. The number of hydrogen-bond donors (Lipinski definition) is 1. The number of rotatable bonds is 2. The Hall–Kier alpha value is -0.990. The van der Waals surface area contributed by atoms with E-state index in [1.54, 1.807) is 0 Å². The van der Waals surface area contributed by atoms with Crippen LogP contribution in [0.1, 0.15) is 48.9 Å². The van der Waals surface area contributed by atoms with E-state index in [1.165, 1.54) is 26.9 Å². The van der Waals surface area contributed by atoms with E-state index in [0.29, 0.717) is 12.0 Å². The Kier molecular flexibility index (Phi) is 4.28. The minimum absolute atomic E-state index is 0.296. The second-order valence-electron chi connectivity index (χ2n) is 5.94. The molecule has 0 saturated carbocycles. The molecule has 1 N–H and O–H groups in total. The molecule has 1 atom stereocenters. The molecule has 0 fully saturated rings. The minimum Gasteiger partial charge on any atom is -0.378 e. The summed E-state index contributed by atoms with van der Waals surface area (Å²) in [6.45, 7) is 4.48. The van der Waals surface area contributed by atoms with Crippen LogP contribution in [0.5, 0.6) is 0 Å². The van der Waals surface area contributed by atoms with Crippen molar-refractivity contribution in [3.63, 3.8) is 0 Å². The lowest BCUT2D eigenvalue weighted by atomic mass is 9.89. The van der Waals surface area contributed by atoms with Crippen LogP contribution in [0.3, 0.4) is 0 Å². The number of benzene rings is 2. The number of hydrogen-bond acceptors (Lipinski definition) is 1. The summed E-state index contributed by atoms with van der Waals surface area (Å²) < 4.78 is 1.17. The van der Waals surface area contributed by atoms with E-state index in [9.17, 15) is 0 Å². The highest BCUT2D eigenvalue weighted by Crippen LogP contribution is 2.40. The fourth-order valence-corrected chi connectivity index (χ4v) is 3.84. The molecule has 0 aliphatic carbocycles. The van der Waals surface area contributed by atoms with Crippen molar-refractivity contribution in [2.24, 2.45) is 0 Å². The van der Waals surface area contributed by atoms with E-state index in [1.807, 2.05) is 12.1 Å². The molecule has 21 heavy (non-hydrogen) atoms. The third kappa shape index (κ3) is 2.97. The number of anilines is 1. The zero-order chi connectivity index (χ0) is 15.0. The number of halogens is 2. The number of aryl methyl sites for hydroxylation is 1. The van der Waals surface area contributed by atoms with Crippen LogP contribution in [0, 0.1) is 0 Å². The molecule has 2 aromatic carbocycles. The van der Waals surface area contributed by atoms with Crippen molar-refractivity contribution in [3.8, 4) is 0 Å². The highest BCUT2D eigenvalue weighted by Gasteiger charge is 2.24. The van der Waals surface area contributed by atoms with Gasteiger partial charge in [-0.1, -0.05) is 59.6 Å². The monoisotopic (exact) mass is 363 g/mol. The van der Waals surface area contributed by atoms with Crippen molar-refractivity contribution in [2.45, 2.75) is 38.6 Å². The summed E-state index contributed by atoms with van der Waals surface area (Å²) in [7, 11) is 0. The molecule has 2 aromatic rings. The first-order valence-corrected chi connectivity index (χ1v) is 8.56. The van der Waals surface area contributed by atoms with Gasteiger partial charge in [-0.2, -0.15) is 0 Å². The maximum absolute atomic E-state index is 6.36. The van der Waals surface area contributed by atoms with E-state index in [2.05, 4.69) is 59.4 Å². The summed E-state index contributed by atoms with van der Waals surface area (Å²) in [5.74, 6) is 0.494. The second kappa shape index (κ2) is 6.02. The molecule has 0 spiro atoms. The summed E-state index contributed by atoms with van der Waals surface area (Å²) in [5.41, 5.74) is 5.26. The number of fused-ring (bicyclic) bond motifs is 1. The van der Waals surface area contributed by atoms with Crippen LogP contribution in [0.25, 0.3) is 0 Å². The Morgan fingerprint density at radius 3 is 2.71 bits per heavy atom. The average Bonchev–Trinajstić information content (AvgIpc) is 2.46. The summed E-state index contributed by atoms with van der Waals surface area (Å²) in [6.07, 6.45) is 2.15. The normalized spacial score (nSPS) is 17.5. The first-order valence-electron chi connectivity index (χ1n) is 7.39. The molecule has 0 aromatic heterocycles. The Balaban J connectivity index is 2.00. The summed E-state index contributed by atoms with van der Waals surface area (Å²) in [4.78, 5) is 0. The van der Waals surface area contributed by atoms with Gasteiger partial charge in [-0.25, -0.2) is 0 Å². The Morgan fingerprint density at radius 1 is 1.24 bits per heavy atom. The van der Waals surface area contributed by atoms with E-state index in [4.69, 9.17) is 11.6 Å². The van der Waals surface area contributed by atoms with Gasteiger partial charge in [0.2, 0.25) is 0 Å². The van der Waals surface area contributed by atoms with Gasteiger partial charge < -0.3 is 5.32 Å². The van der Waals surface area contributed by atoms with E-state index in [0.717, 1.165) is 17.9 Å². The predicted octanol–water partition coefficient (Wildman–Crippen LogP) is 6.33. The van der Waals surface area contributed by atoms with Crippen LogP contribution in [0.2, 0.25) is 5.02 Å². The van der Waals surface area contributed by atoms with Gasteiger partial charge in [0, 0.05) is 15.2 Å². The van der Waals surface area contributed by atoms with Gasteiger partial charge in [-0.15, -0.1) is 0 Å². The van der Waals surface area contributed by atoms with Gasteiger partial charge in [0.1, 0.15) is 0 Å². The highest BCUT2D eigenvalue weighted by atomic mass is 79.9. The van der Waals surface area contributed by atoms with Crippen LogP contribution in [-0.2, 0) is 6.42 Å². The fourth-order valence-electron chi connectivity index (χ4n) is 3.05. The SMILES string of the molecule is CC(C)c1cc(Br)cc2c1NC(c1ccccc1Cl)CC2. The van der Waals surface area contributed by atoms with Gasteiger partial charge in [0.25, 0.3) is 0 Å². The summed E-state index contributed by atoms with van der Waals surface area (Å²) in [6, 6.07) is 12.9. The quantitative estimate of drug-likeness (QED) is 0.657. The van der Waals surface area contributed by atoms with Crippen LogP contribution < -0.4 is 5.32 Å². The van der Waals surface area contributed by atoms with Gasteiger partial charge in [0.15, 0.2) is 0 Å². The molecule has 1 aliphatic heterocycles. The molecule has 0 saturated heterocycles. The van der Waals surface area contributed by atoms with Crippen molar-refractivity contribution < 1.29 is 0 Å². The van der Waals surface area contributed by atoms with Crippen LogP contribution in [-0.4, -0.2) is 0 Å². The molecular weight excluding hydrogens is 346 g/mol. The van der Waals surface area contributed by atoms with Crippen molar-refractivity contribution in [3.05, 3.63) is 62.6 Å². The minimum atomic E-state index is 0.296. The van der Waals surface area contributed by atoms with Crippen LogP contribution in [0.4, 0.5) is 5.69 Å². The van der Waals surface area contributed by atoms with Crippen molar-refractivity contribution >= 4 is 33.2 Å². The molecule has 3 rings (SSSR count). The van der Waals surface area contributed by atoms with Gasteiger partial charge in [-0.3, -0.25) is 0 Å². The topological polar surface area (TPSA) is 12.0 Å². The summed E-state index contributed by atoms with van der Waals surface area (Å²) >= 11 is 10.00. The largest absolute Gasteiger partial charge is 0.378 e. The standard InChI is InChI=1S/C18H19BrClN/c1-11(2)15-10-13(19)9-12-7-8-17(21-18(12)15)14-5-3-4-6-16(14)20/h3-6,9-11,17,21H,7-8H2,1-2H3. The molecular formula is C18H19BrClN. The molecule has 1 heterocycles. The maximum Gasteiger partial charge on any atom is 0.0531 e. The Bertz CT molecular complexity index is 666. The lowest BCUT2D eigenvalue weighted by Gasteiger charge is -2.31. The van der Waals surface area contributed by atoms with Gasteiger partial charge in [0.05, 0.1) is 6.04 Å². The maximum atomic E-state index is 6.36. The zero-order valence-corrected chi connectivity index (χ0v) is 14.6. The van der Waals surface area contributed by atoms with E-state index >= 15 is 0 Å². The molecule has 1 unspecified atom stereocenters. The lowest BCUT2D eigenvalue weighted by Crippen LogP contribution is -2.20. The number of nitrogens with one attached hydrogen (secondary N) is 1. The molecule has 0 radical (unpaired) electrons. The molecule has 3 heteroatoms. The van der Waals surface area contributed by atoms with Crippen molar-refractivity contribution in [2.75, 3.05) is 5.32 Å². The predicted molar refractivity (Wildman–Crippen MR) is 94.4 cm³/mol. The third-order valence-corrected chi connectivity index (χ3v) is 4.94. The average molecular weight is 365 g/mol. The highest BCUT2D eigenvalue weighted by molar-refractivity contribution is 9.10. The fraction of sp³-hybridized carbons (Fsp3) is 0.333.